The SMILES string of the molecule is C=C/C=C\C=C(/C=C)CSC/C(C=C)=C/C=C\C. The Labute approximate surface area is 116 Å². The van der Waals surface area contributed by atoms with Crippen LogP contribution in [-0.4, -0.2) is 11.5 Å². The van der Waals surface area contributed by atoms with Crippen LogP contribution in [0.4, 0.5) is 0 Å². The predicted molar refractivity (Wildman–Crippen MR) is 88.0 cm³/mol. The molecule has 0 radical (unpaired) electrons. The lowest BCUT2D eigenvalue weighted by Gasteiger charge is -2.02. The van der Waals surface area contributed by atoms with E-state index in [2.05, 4.69) is 31.9 Å². The first-order valence-corrected chi connectivity index (χ1v) is 7.06. The molecule has 0 atom stereocenters. The topological polar surface area (TPSA) is 0 Å². The van der Waals surface area contributed by atoms with Gasteiger partial charge in [-0.15, -0.1) is 0 Å². The van der Waals surface area contributed by atoms with E-state index in [0.29, 0.717) is 0 Å². The van der Waals surface area contributed by atoms with Gasteiger partial charge in [-0.1, -0.05) is 74.4 Å². The molecule has 0 aromatic heterocycles. The summed E-state index contributed by atoms with van der Waals surface area (Å²) in [5, 5.41) is 0. The van der Waals surface area contributed by atoms with Crippen molar-refractivity contribution in [1.29, 1.82) is 0 Å². The monoisotopic (exact) mass is 258 g/mol. The molecule has 0 unspecified atom stereocenters. The fraction of sp³-hybridized carbons (Fsp3) is 0.176. The van der Waals surface area contributed by atoms with Gasteiger partial charge in [0.2, 0.25) is 0 Å². The third-order valence-corrected chi connectivity index (χ3v) is 3.20. The van der Waals surface area contributed by atoms with Gasteiger partial charge in [0.15, 0.2) is 0 Å². The molecular formula is C17H22S. The minimum absolute atomic E-state index is 0.950. The van der Waals surface area contributed by atoms with Crippen molar-refractivity contribution < 1.29 is 0 Å². The summed E-state index contributed by atoms with van der Waals surface area (Å²) in [7, 11) is 0. The molecule has 0 aliphatic rings. The van der Waals surface area contributed by atoms with Crippen LogP contribution >= 0.6 is 11.8 Å². The smallest absolute Gasteiger partial charge is 0.0187 e. The van der Waals surface area contributed by atoms with Crippen molar-refractivity contribution in [3.05, 3.63) is 85.6 Å². The first kappa shape index (κ1) is 16.5. The Bertz CT molecular complexity index is 378. The highest BCUT2D eigenvalue weighted by atomic mass is 32.2. The molecule has 0 rings (SSSR count). The van der Waals surface area contributed by atoms with Crippen molar-refractivity contribution in [3.63, 3.8) is 0 Å². The fourth-order valence-corrected chi connectivity index (χ4v) is 2.12. The summed E-state index contributed by atoms with van der Waals surface area (Å²) in [6.45, 7) is 13.3. The van der Waals surface area contributed by atoms with Crippen molar-refractivity contribution in [2.45, 2.75) is 6.92 Å². The van der Waals surface area contributed by atoms with Gasteiger partial charge in [-0.05, 0) is 18.1 Å². The fourth-order valence-electron chi connectivity index (χ4n) is 1.11. The van der Waals surface area contributed by atoms with E-state index < -0.39 is 0 Å². The Morgan fingerprint density at radius 3 is 1.89 bits per heavy atom. The Morgan fingerprint density at radius 2 is 1.44 bits per heavy atom. The second-order valence-electron chi connectivity index (χ2n) is 3.53. The molecule has 0 aromatic rings. The van der Waals surface area contributed by atoms with Crippen LogP contribution in [0, 0.1) is 0 Å². The zero-order valence-corrected chi connectivity index (χ0v) is 12.0. The second kappa shape index (κ2) is 12.0. The molecule has 0 amide bonds. The Morgan fingerprint density at radius 1 is 0.889 bits per heavy atom. The summed E-state index contributed by atoms with van der Waals surface area (Å²) in [5.74, 6) is 1.91. The highest BCUT2D eigenvalue weighted by molar-refractivity contribution is 7.99. The molecule has 96 valence electrons. The lowest BCUT2D eigenvalue weighted by molar-refractivity contribution is 1.50. The van der Waals surface area contributed by atoms with Crippen molar-refractivity contribution in [2.24, 2.45) is 0 Å². The summed E-state index contributed by atoms with van der Waals surface area (Å²) in [6, 6.07) is 0. The summed E-state index contributed by atoms with van der Waals surface area (Å²) in [5.41, 5.74) is 2.45. The van der Waals surface area contributed by atoms with E-state index in [1.165, 1.54) is 11.1 Å². The summed E-state index contributed by atoms with van der Waals surface area (Å²) >= 11 is 1.85. The molecule has 0 aliphatic carbocycles. The molecule has 1 heteroatoms. The number of thioether (sulfide) groups is 1. The number of hydrogen-bond acceptors (Lipinski definition) is 1. The van der Waals surface area contributed by atoms with Crippen molar-refractivity contribution in [2.75, 3.05) is 11.5 Å². The number of allylic oxidation sites excluding steroid dienone is 9. The molecule has 0 spiro atoms. The average molecular weight is 258 g/mol. The van der Waals surface area contributed by atoms with Crippen LogP contribution in [0.25, 0.3) is 0 Å². The largest absolute Gasteiger partial charge is 0.152 e. The van der Waals surface area contributed by atoms with Crippen LogP contribution in [0.2, 0.25) is 0 Å². The molecule has 0 N–H and O–H groups in total. The van der Waals surface area contributed by atoms with Gasteiger partial charge in [0, 0.05) is 11.5 Å². The lowest BCUT2D eigenvalue weighted by Crippen LogP contribution is -1.88. The van der Waals surface area contributed by atoms with E-state index in [-0.39, 0.29) is 0 Å². The van der Waals surface area contributed by atoms with Gasteiger partial charge in [0.05, 0.1) is 0 Å². The lowest BCUT2D eigenvalue weighted by atomic mass is 10.2. The molecule has 0 aliphatic heterocycles. The van der Waals surface area contributed by atoms with Crippen LogP contribution in [0.5, 0.6) is 0 Å². The van der Waals surface area contributed by atoms with E-state index in [1.807, 2.05) is 55.1 Å². The quantitative estimate of drug-likeness (QED) is 0.508. The summed E-state index contributed by atoms with van der Waals surface area (Å²) in [6.07, 6.45) is 17.7. The summed E-state index contributed by atoms with van der Waals surface area (Å²) < 4.78 is 0. The third-order valence-electron chi connectivity index (χ3n) is 2.12. The molecule has 0 saturated heterocycles. The molecule has 0 heterocycles. The van der Waals surface area contributed by atoms with Crippen molar-refractivity contribution >= 4 is 11.8 Å². The van der Waals surface area contributed by atoms with E-state index >= 15 is 0 Å². The molecule has 18 heavy (non-hydrogen) atoms. The second-order valence-corrected chi connectivity index (χ2v) is 4.52. The van der Waals surface area contributed by atoms with Crippen LogP contribution in [0.15, 0.2) is 85.6 Å². The molecular weight excluding hydrogens is 236 g/mol. The first-order valence-electron chi connectivity index (χ1n) is 5.91. The normalized spacial score (nSPS) is 13.2. The molecule has 0 bridgehead atoms. The van der Waals surface area contributed by atoms with E-state index in [4.69, 9.17) is 0 Å². The molecule has 0 nitrogen and oxygen atoms in total. The van der Waals surface area contributed by atoms with E-state index in [0.717, 1.165) is 11.5 Å². The minimum Gasteiger partial charge on any atom is -0.152 e. The third kappa shape index (κ3) is 8.66. The average Bonchev–Trinajstić information content (AvgIpc) is 2.40. The van der Waals surface area contributed by atoms with Crippen LogP contribution < -0.4 is 0 Å². The number of rotatable bonds is 9. The Hall–Kier alpha value is -1.47. The van der Waals surface area contributed by atoms with Gasteiger partial charge in [-0.3, -0.25) is 0 Å². The van der Waals surface area contributed by atoms with Crippen molar-refractivity contribution in [1.82, 2.24) is 0 Å². The van der Waals surface area contributed by atoms with Gasteiger partial charge < -0.3 is 0 Å². The van der Waals surface area contributed by atoms with E-state index in [1.54, 1.807) is 6.08 Å². The van der Waals surface area contributed by atoms with Crippen LogP contribution in [0.1, 0.15) is 6.92 Å². The van der Waals surface area contributed by atoms with E-state index in [9.17, 15) is 0 Å². The molecule has 0 aromatic carbocycles. The highest BCUT2D eigenvalue weighted by Gasteiger charge is 1.94. The maximum absolute atomic E-state index is 3.82. The van der Waals surface area contributed by atoms with Gasteiger partial charge in [0.1, 0.15) is 0 Å². The standard InChI is InChI=1S/C17H22S/c1-5-9-11-13-17(8-4)15-18-14-16(7-3)12-10-6-2/h5-13H,1,3-4,14-15H2,2H3/b10-6-,11-9-,16-12+,17-13+. The van der Waals surface area contributed by atoms with Crippen molar-refractivity contribution in [3.8, 4) is 0 Å². The number of hydrogen-bond donors (Lipinski definition) is 0. The summed E-state index contributed by atoms with van der Waals surface area (Å²) in [4.78, 5) is 0. The Balaban J connectivity index is 4.25. The van der Waals surface area contributed by atoms with Gasteiger partial charge in [-0.25, -0.2) is 0 Å². The Kier molecular flexibility index (Phi) is 11.0. The van der Waals surface area contributed by atoms with Gasteiger partial charge >= 0.3 is 0 Å². The zero-order valence-electron chi connectivity index (χ0n) is 11.1. The van der Waals surface area contributed by atoms with Crippen LogP contribution in [-0.2, 0) is 0 Å². The van der Waals surface area contributed by atoms with Gasteiger partial charge in [-0.2, -0.15) is 11.8 Å². The minimum atomic E-state index is 0.950. The zero-order chi connectivity index (χ0) is 13.6. The highest BCUT2D eigenvalue weighted by Crippen LogP contribution is 2.14. The molecule has 0 saturated carbocycles. The first-order chi connectivity index (χ1) is 8.78. The molecule has 0 fully saturated rings. The van der Waals surface area contributed by atoms with Crippen LogP contribution in [0.3, 0.4) is 0 Å². The maximum atomic E-state index is 3.82. The maximum Gasteiger partial charge on any atom is 0.0187 e. The predicted octanol–water partition coefficient (Wildman–Crippen LogP) is 5.26. The van der Waals surface area contributed by atoms with Gasteiger partial charge in [0.25, 0.3) is 0 Å².